The van der Waals surface area contributed by atoms with E-state index < -0.39 is 52.3 Å². The second-order valence-electron chi connectivity index (χ2n) is 9.85. The van der Waals surface area contributed by atoms with Gasteiger partial charge in [-0.1, -0.05) is 18.2 Å². The zero-order valence-corrected chi connectivity index (χ0v) is 23.2. The third-order valence-corrected chi connectivity index (χ3v) is 8.38. The monoisotopic (exact) mass is 633 g/mol. The molecule has 3 amide bonds. The Balaban J connectivity index is 1.45. The highest BCUT2D eigenvalue weighted by atomic mass is 32.2. The smallest absolute Gasteiger partial charge is 0.406 e. The number of piperidine rings is 1. The number of carbonyl (C=O) groups is 2. The standard InChI is InChI=1S/C26H25F6N5O5S/c1-16-13-19(37(23(33)39)15-25(27,28)29)6-5-17(16)7-12-43(40,41)36-10-8-24(9-11-36)22(38)34-21(35-24)18-3-2-4-20(14-18)42-26(30,31)32/h2-7,12-14H,8-11,15H2,1H3,(H2,33,39)(H,34,35,38)/b12-7+. The van der Waals surface area contributed by atoms with Crippen LogP contribution in [0.4, 0.5) is 36.8 Å². The van der Waals surface area contributed by atoms with E-state index in [-0.39, 0.29) is 43.0 Å². The van der Waals surface area contributed by atoms with Gasteiger partial charge in [-0.05, 0) is 61.2 Å². The van der Waals surface area contributed by atoms with E-state index in [9.17, 15) is 44.3 Å². The molecule has 1 fully saturated rings. The molecule has 2 aromatic rings. The number of halogens is 6. The summed E-state index contributed by atoms with van der Waals surface area (Å²) < 4.78 is 107. The molecule has 10 nitrogen and oxygen atoms in total. The third kappa shape index (κ3) is 7.64. The Bertz CT molecular complexity index is 1580. The molecule has 17 heteroatoms. The molecule has 2 aliphatic heterocycles. The highest BCUT2D eigenvalue weighted by Crippen LogP contribution is 2.33. The number of sulfonamides is 1. The molecule has 0 radical (unpaired) electrons. The number of aliphatic imine (C=N–C) groups is 1. The summed E-state index contributed by atoms with van der Waals surface area (Å²) in [5.74, 6) is -0.965. The number of rotatable bonds is 7. The van der Waals surface area contributed by atoms with Crippen molar-refractivity contribution in [3.05, 3.63) is 64.6 Å². The minimum atomic E-state index is -4.90. The minimum absolute atomic E-state index is 0.00400. The number of nitrogens with zero attached hydrogens (tertiary/aromatic N) is 3. The Morgan fingerprint density at radius 1 is 1.14 bits per heavy atom. The maximum Gasteiger partial charge on any atom is 0.573 e. The van der Waals surface area contributed by atoms with Crippen LogP contribution >= 0.6 is 0 Å². The Hall–Kier alpha value is -4.12. The van der Waals surface area contributed by atoms with Gasteiger partial charge in [0.15, 0.2) is 0 Å². The molecule has 2 heterocycles. The van der Waals surface area contributed by atoms with Crippen molar-refractivity contribution in [1.82, 2.24) is 9.62 Å². The second-order valence-corrected chi connectivity index (χ2v) is 11.7. The van der Waals surface area contributed by atoms with E-state index in [2.05, 4.69) is 15.0 Å². The third-order valence-electron chi connectivity index (χ3n) is 6.82. The fraction of sp³-hybridized carbons (Fsp3) is 0.346. The summed E-state index contributed by atoms with van der Waals surface area (Å²) in [6.45, 7) is -0.245. The predicted octanol–water partition coefficient (Wildman–Crippen LogP) is 4.05. The topological polar surface area (TPSA) is 134 Å². The van der Waals surface area contributed by atoms with Gasteiger partial charge in [0.2, 0.25) is 10.0 Å². The van der Waals surface area contributed by atoms with Gasteiger partial charge >= 0.3 is 18.6 Å². The Labute approximate surface area is 241 Å². The van der Waals surface area contributed by atoms with Crippen LogP contribution in [0.2, 0.25) is 0 Å². The molecule has 1 spiro atoms. The molecule has 2 aromatic carbocycles. The summed E-state index contributed by atoms with van der Waals surface area (Å²) in [5.41, 5.74) is 4.60. The number of anilines is 1. The number of urea groups is 1. The van der Waals surface area contributed by atoms with Gasteiger partial charge in [0, 0.05) is 29.7 Å². The van der Waals surface area contributed by atoms with Crippen molar-refractivity contribution in [3.63, 3.8) is 0 Å². The molecule has 0 unspecified atom stereocenters. The van der Waals surface area contributed by atoms with E-state index in [0.29, 0.717) is 16.0 Å². The lowest BCUT2D eigenvalue weighted by Crippen LogP contribution is -2.50. The van der Waals surface area contributed by atoms with Gasteiger partial charge in [-0.3, -0.25) is 14.7 Å². The first-order valence-electron chi connectivity index (χ1n) is 12.6. The van der Waals surface area contributed by atoms with Crippen LogP contribution in [-0.4, -0.2) is 68.2 Å². The molecule has 0 atom stereocenters. The quantitative estimate of drug-likeness (QED) is 0.444. The summed E-state index contributed by atoms with van der Waals surface area (Å²) >= 11 is 0. The van der Waals surface area contributed by atoms with Crippen molar-refractivity contribution in [1.29, 1.82) is 0 Å². The van der Waals surface area contributed by atoms with Gasteiger partial charge < -0.3 is 15.8 Å². The molecule has 0 aliphatic carbocycles. The number of nitrogens with two attached hydrogens (primary N) is 1. The number of nitrogens with one attached hydrogen (secondary N) is 1. The largest absolute Gasteiger partial charge is 0.573 e. The molecule has 1 saturated heterocycles. The van der Waals surface area contributed by atoms with E-state index in [4.69, 9.17) is 5.73 Å². The van der Waals surface area contributed by atoms with Gasteiger partial charge in [-0.15, -0.1) is 13.2 Å². The lowest BCUT2D eigenvalue weighted by Gasteiger charge is -2.34. The maximum absolute atomic E-state index is 13.0. The second kappa shape index (κ2) is 11.5. The number of alkyl halides is 6. The summed E-state index contributed by atoms with van der Waals surface area (Å²) in [4.78, 5) is 29.1. The van der Waals surface area contributed by atoms with Gasteiger partial charge in [0.05, 0.1) is 0 Å². The SMILES string of the molecule is Cc1cc(N(CC(F)(F)F)C(N)=O)ccc1/C=C/S(=O)(=O)N1CCC2(CC1)N=C(c1cccc(OC(F)(F)F)c1)NC2=O. The van der Waals surface area contributed by atoms with Crippen molar-refractivity contribution in [2.75, 3.05) is 24.5 Å². The van der Waals surface area contributed by atoms with E-state index in [1.165, 1.54) is 43.3 Å². The number of carbonyl (C=O) groups excluding carboxylic acids is 2. The number of amides is 3. The summed E-state index contributed by atoms with van der Waals surface area (Å²) in [6, 6.07) is 7.45. The average molecular weight is 634 g/mol. The Morgan fingerprint density at radius 3 is 2.40 bits per heavy atom. The number of hydrogen-bond donors (Lipinski definition) is 2. The Kier molecular flexibility index (Phi) is 8.52. The molecule has 3 N–H and O–H groups in total. The van der Waals surface area contributed by atoms with Gasteiger partial charge in [-0.25, -0.2) is 13.2 Å². The molecule has 4 rings (SSSR count). The van der Waals surface area contributed by atoms with Gasteiger partial charge in [0.25, 0.3) is 5.91 Å². The van der Waals surface area contributed by atoms with E-state index in [1.54, 1.807) is 0 Å². The molecule has 43 heavy (non-hydrogen) atoms. The fourth-order valence-electron chi connectivity index (χ4n) is 4.68. The summed E-state index contributed by atoms with van der Waals surface area (Å²) in [5, 5.41) is 3.48. The van der Waals surface area contributed by atoms with Crippen LogP contribution < -0.4 is 20.7 Å². The molecular weight excluding hydrogens is 608 g/mol. The number of ether oxygens (including phenoxy) is 1. The van der Waals surface area contributed by atoms with Crippen LogP contribution in [-0.2, 0) is 14.8 Å². The summed E-state index contributed by atoms with van der Waals surface area (Å²) in [7, 11) is -4.00. The Morgan fingerprint density at radius 2 is 1.81 bits per heavy atom. The lowest BCUT2D eigenvalue weighted by molar-refractivity contribution is -0.274. The van der Waals surface area contributed by atoms with Crippen molar-refractivity contribution in [3.8, 4) is 5.75 Å². The number of primary amides is 1. The number of benzene rings is 2. The predicted molar refractivity (Wildman–Crippen MR) is 143 cm³/mol. The zero-order valence-electron chi connectivity index (χ0n) is 22.4. The van der Waals surface area contributed by atoms with Crippen LogP contribution in [0.5, 0.6) is 5.75 Å². The zero-order chi connectivity index (χ0) is 31.8. The number of aryl methyl sites for hydroxylation is 1. The highest BCUT2D eigenvalue weighted by Gasteiger charge is 2.47. The van der Waals surface area contributed by atoms with Gasteiger partial charge in [-0.2, -0.15) is 17.5 Å². The molecule has 0 aromatic heterocycles. The molecule has 0 bridgehead atoms. The molecule has 2 aliphatic rings. The molecular formula is C26H25F6N5O5S. The number of amidine groups is 1. The van der Waals surface area contributed by atoms with Crippen LogP contribution in [0.3, 0.4) is 0 Å². The normalized spacial score (nSPS) is 17.7. The van der Waals surface area contributed by atoms with Crippen molar-refractivity contribution in [2.45, 2.75) is 37.8 Å². The van der Waals surface area contributed by atoms with Crippen LogP contribution in [0, 0.1) is 6.92 Å². The minimum Gasteiger partial charge on any atom is -0.406 e. The summed E-state index contributed by atoms with van der Waals surface area (Å²) in [6.07, 6.45) is -8.33. The van der Waals surface area contributed by atoms with Crippen molar-refractivity contribution in [2.24, 2.45) is 10.7 Å². The molecule has 232 valence electrons. The van der Waals surface area contributed by atoms with Crippen LogP contribution in [0.15, 0.2) is 52.9 Å². The van der Waals surface area contributed by atoms with Crippen molar-refractivity contribution >= 4 is 39.6 Å². The van der Waals surface area contributed by atoms with Crippen molar-refractivity contribution < 1.29 is 49.1 Å². The van der Waals surface area contributed by atoms with E-state index in [0.717, 1.165) is 21.8 Å². The lowest BCUT2D eigenvalue weighted by atomic mass is 9.89. The van der Waals surface area contributed by atoms with E-state index in [1.807, 2.05) is 0 Å². The highest BCUT2D eigenvalue weighted by molar-refractivity contribution is 7.92. The first-order chi connectivity index (χ1) is 19.9. The van der Waals surface area contributed by atoms with Crippen LogP contribution in [0.1, 0.15) is 29.5 Å². The van der Waals surface area contributed by atoms with E-state index >= 15 is 0 Å². The first kappa shape index (κ1) is 31.8. The van der Waals surface area contributed by atoms with Crippen LogP contribution in [0.25, 0.3) is 6.08 Å². The fourth-order valence-corrected chi connectivity index (χ4v) is 5.86. The number of hydrogen-bond acceptors (Lipinski definition) is 6. The first-order valence-corrected chi connectivity index (χ1v) is 14.1. The molecule has 0 saturated carbocycles. The van der Waals surface area contributed by atoms with Gasteiger partial charge in [0.1, 0.15) is 23.7 Å². The maximum atomic E-state index is 13.0. The average Bonchev–Trinajstić information content (AvgIpc) is 3.20.